The molecule has 1 aromatic heterocycles. The number of aryl methyl sites for hydroxylation is 1. The van der Waals surface area contributed by atoms with Gasteiger partial charge in [0.2, 0.25) is 0 Å². The molecule has 6 heteroatoms. The van der Waals surface area contributed by atoms with Gasteiger partial charge in [0.05, 0.1) is 17.7 Å². The lowest BCUT2D eigenvalue weighted by Crippen LogP contribution is -2.28. The zero-order valence-corrected chi connectivity index (χ0v) is 9.12. The van der Waals surface area contributed by atoms with Gasteiger partial charge in [-0.3, -0.25) is 9.48 Å². The van der Waals surface area contributed by atoms with E-state index in [4.69, 9.17) is 16.3 Å². The second-order valence-electron chi connectivity index (χ2n) is 3.35. The first kappa shape index (κ1) is 10.4. The Morgan fingerprint density at radius 2 is 2.60 bits per heavy atom. The Labute approximate surface area is 92.4 Å². The standard InChI is InChI=1S/C9H12ClN3O2/c1-2-13-4-7(10)8(12-13)9(14)11-3-6-5-15-6/h4,6H,2-3,5H2,1H3,(H,11,14). The fourth-order valence-corrected chi connectivity index (χ4v) is 1.43. The van der Waals surface area contributed by atoms with Crippen LogP contribution in [0.3, 0.4) is 0 Å². The van der Waals surface area contributed by atoms with Gasteiger partial charge in [-0.1, -0.05) is 11.6 Å². The summed E-state index contributed by atoms with van der Waals surface area (Å²) in [5, 5.41) is 7.15. The van der Waals surface area contributed by atoms with Crippen molar-refractivity contribution in [1.82, 2.24) is 15.1 Å². The first-order valence-corrected chi connectivity index (χ1v) is 5.21. The molecule has 1 aliphatic heterocycles. The number of epoxide rings is 1. The number of nitrogens with zero attached hydrogens (tertiary/aromatic N) is 2. The number of halogens is 1. The Morgan fingerprint density at radius 1 is 1.87 bits per heavy atom. The Hall–Kier alpha value is -1.07. The summed E-state index contributed by atoms with van der Waals surface area (Å²) in [5.74, 6) is -0.247. The molecule has 0 saturated carbocycles. The number of nitrogens with one attached hydrogen (secondary N) is 1. The van der Waals surface area contributed by atoms with Crippen molar-refractivity contribution in [2.75, 3.05) is 13.2 Å². The molecule has 2 heterocycles. The van der Waals surface area contributed by atoms with Gasteiger partial charge in [-0.05, 0) is 6.92 Å². The van der Waals surface area contributed by atoms with Gasteiger partial charge in [-0.15, -0.1) is 0 Å². The van der Waals surface area contributed by atoms with Crippen LogP contribution in [-0.4, -0.2) is 34.9 Å². The van der Waals surface area contributed by atoms with Crippen LogP contribution in [0.15, 0.2) is 6.20 Å². The van der Waals surface area contributed by atoms with E-state index >= 15 is 0 Å². The number of ether oxygens (including phenoxy) is 1. The van der Waals surface area contributed by atoms with Crippen LogP contribution in [0.5, 0.6) is 0 Å². The summed E-state index contributed by atoms with van der Waals surface area (Å²) in [6.45, 7) is 3.87. The van der Waals surface area contributed by atoms with Gasteiger partial charge in [-0.2, -0.15) is 5.10 Å². The monoisotopic (exact) mass is 229 g/mol. The summed E-state index contributed by atoms with van der Waals surface area (Å²) in [6.07, 6.45) is 1.81. The summed E-state index contributed by atoms with van der Waals surface area (Å²) in [6, 6.07) is 0. The molecule has 2 rings (SSSR count). The molecular formula is C9H12ClN3O2. The third-order valence-corrected chi connectivity index (χ3v) is 2.43. The number of carbonyl (C=O) groups is 1. The smallest absolute Gasteiger partial charge is 0.273 e. The van der Waals surface area contributed by atoms with Crippen molar-refractivity contribution in [3.8, 4) is 0 Å². The molecule has 1 aromatic rings. The van der Waals surface area contributed by atoms with E-state index in [1.807, 2.05) is 6.92 Å². The molecule has 1 saturated heterocycles. The summed E-state index contributed by atoms with van der Waals surface area (Å²) in [7, 11) is 0. The SMILES string of the molecule is CCn1cc(Cl)c(C(=O)NCC2CO2)n1. The van der Waals surface area contributed by atoms with Gasteiger partial charge < -0.3 is 10.1 Å². The van der Waals surface area contributed by atoms with Crippen LogP contribution < -0.4 is 5.32 Å². The van der Waals surface area contributed by atoms with Gasteiger partial charge in [0.15, 0.2) is 5.69 Å². The van der Waals surface area contributed by atoms with Gasteiger partial charge in [-0.25, -0.2) is 0 Å². The molecular weight excluding hydrogens is 218 g/mol. The number of aromatic nitrogens is 2. The fourth-order valence-electron chi connectivity index (χ4n) is 1.19. The average molecular weight is 230 g/mol. The number of amides is 1. The van der Waals surface area contributed by atoms with Gasteiger partial charge in [0.25, 0.3) is 5.91 Å². The zero-order valence-electron chi connectivity index (χ0n) is 8.36. The van der Waals surface area contributed by atoms with Crippen molar-refractivity contribution in [3.05, 3.63) is 16.9 Å². The summed E-state index contributed by atoms with van der Waals surface area (Å²) >= 11 is 5.87. The van der Waals surface area contributed by atoms with Crippen molar-refractivity contribution in [2.45, 2.75) is 19.6 Å². The second kappa shape index (κ2) is 4.20. The molecule has 1 atom stereocenters. The topological polar surface area (TPSA) is 59.5 Å². The molecule has 1 N–H and O–H groups in total. The Bertz CT molecular complexity index is 373. The van der Waals surface area contributed by atoms with Crippen molar-refractivity contribution in [1.29, 1.82) is 0 Å². The van der Waals surface area contributed by atoms with E-state index in [0.29, 0.717) is 18.1 Å². The lowest BCUT2D eigenvalue weighted by Gasteiger charge is -1.99. The normalized spacial score (nSPS) is 18.9. The van der Waals surface area contributed by atoms with Crippen LogP contribution in [0.2, 0.25) is 5.02 Å². The van der Waals surface area contributed by atoms with E-state index in [1.165, 1.54) is 0 Å². The maximum absolute atomic E-state index is 11.6. The number of rotatable bonds is 4. The number of carbonyl (C=O) groups excluding carboxylic acids is 1. The molecule has 1 aliphatic rings. The molecule has 0 aliphatic carbocycles. The third-order valence-electron chi connectivity index (χ3n) is 2.15. The predicted molar refractivity (Wildman–Crippen MR) is 55.0 cm³/mol. The molecule has 5 nitrogen and oxygen atoms in total. The largest absolute Gasteiger partial charge is 0.371 e. The van der Waals surface area contributed by atoms with E-state index < -0.39 is 0 Å². The highest BCUT2D eigenvalue weighted by atomic mass is 35.5. The van der Waals surface area contributed by atoms with Crippen LogP contribution in [0.4, 0.5) is 0 Å². The van der Waals surface area contributed by atoms with E-state index in [2.05, 4.69) is 10.4 Å². The average Bonchev–Trinajstić information content (AvgIpc) is 2.97. The van der Waals surface area contributed by atoms with Gasteiger partial charge in [0.1, 0.15) is 0 Å². The minimum atomic E-state index is -0.247. The van der Waals surface area contributed by atoms with E-state index in [0.717, 1.165) is 6.61 Å². The molecule has 0 bridgehead atoms. The van der Waals surface area contributed by atoms with Crippen molar-refractivity contribution in [2.24, 2.45) is 0 Å². The molecule has 0 aromatic carbocycles. The maximum Gasteiger partial charge on any atom is 0.273 e. The molecule has 1 unspecified atom stereocenters. The molecule has 15 heavy (non-hydrogen) atoms. The summed E-state index contributed by atoms with van der Waals surface area (Å²) < 4.78 is 6.61. The minimum absolute atomic E-state index is 0.168. The fraction of sp³-hybridized carbons (Fsp3) is 0.556. The first-order valence-electron chi connectivity index (χ1n) is 4.83. The first-order chi connectivity index (χ1) is 7.20. The maximum atomic E-state index is 11.6. The van der Waals surface area contributed by atoms with Crippen molar-refractivity contribution >= 4 is 17.5 Å². The van der Waals surface area contributed by atoms with Crippen LogP contribution in [0, 0.1) is 0 Å². The van der Waals surface area contributed by atoms with Gasteiger partial charge in [0, 0.05) is 19.3 Å². The molecule has 1 fully saturated rings. The lowest BCUT2D eigenvalue weighted by molar-refractivity contribution is 0.0944. The van der Waals surface area contributed by atoms with Crippen LogP contribution >= 0.6 is 11.6 Å². The number of hydrogen-bond donors (Lipinski definition) is 1. The highest BCUT2D eigenvalue weighted by molar-refractivity contribution is 6.33. The van der Waals surface area contributed by atoms with Crippen molar-refractivity contribution < 1.29 is 9.53 Å². The highest BCUT2D eigenvalue weighted by Crippen LogP contribution is 2.14. The molecule has 0 spiro atoms. The molecule has 82 valence electrons. The third kappa shape index (κ3) is 2.49. The Balaban J connectivity index is 1.99. The van der Waals surface area contributed by atoms with E-state index in [9.17, 15) is 4.79 Å². The minimum Gasteiger partial charge on any atom is -0.371 e. The Kier molecular flexibility index (Phi) is 2.93. The summed E-state index contributed by atoms with van der Waals surface area (Å²) in [4.78, 5) is 11.6. The predicted octanol–water partition coefficient (Wildman–Crippen LogP) is 0.685. The Morgan fingerprint density at radius 3 is 3.13 bits per heavy atom. The second-order valence-corrected chi connectivity index (χ2v) is 3.75. The van der Waals surface area contributed by atoms with Crippen LogP contribution in [0.25, 0.3) is 0 Å². The highest BCUT2D eigenvalue weighted by Gasteiger charge is 2.24. The molecule has 1 amide bonds. The van der Waals surface area contributed by atoms with Crippen molar-refractivity contribution in [3.63, 3.8) is 0 Å². The van der Waals surface area contributed by atoms with Gasteiger partial charge >= 0.3 is 0 Å². The van der Waals surface area contributed by atoms with Crippen LogP contribution in [0.1, 0.15) is 17.4 Å². The summed E-state index contributed by atoms with van der Waals surface area (Å²) in [5.41, 5.74) is 0.277. The van der Waals surface area contributed by atoms with E-state index in [-0.39, 0.29) is 17.7 Å². The zero-order chi connectivity index (χ0) is 10.8. The van der Waals surface area contributed by atoms with E-state index in [1.54, 1.807) is 10.9 Å². The number of hydrogen-bond acceptors (Lipinski definition) is 3. The lowest BCUT2D eigenvalue weighted by atomic mass is 10.4. The quantitative estimate of drug-likeness (QED) is 0.773. The molecule has 0 radical (unpaired) electrons. The van der Waals surface area contributed by atoms with Crippen LogP contribution in [-0.2, 0) is 11.3 Å².